The first-order valence-electron chi connectivity index (χ1n) is 10.4. The molecule has 1 aliphatic rings. The van der Waals surface area contributed by atoms with Crippen LogP contribution in [0.2, 0.25) is 0 Å². The number of H-pyrrole nitrogens is 1. The third-order valence-corrected chi connectivity index (χ3v) is 5.32. The van der Waals surface area contributed by atoms with Crippen LogP contribution in [-0.4, -0.2) is 22.8 Å². The van der Waals surface area contributed by atoms with Gasteiger partial charge in [-0.05, 0) is 48.7 Å². The summed E-state index contributed by atoms with van der Waals surface area (Å²) in [4.78, 5) is 39.1. The van der Waals surface area contributed by atoms with E-state index >= 15 is 0 Å². The summed E-state index contributed by atoms with van der Waals surface area (Å²) in [6.07, 6.45) is -1.62. The number of benzene rings is 2. The number of aromatic nitrogens is 1. The zero-order valence-corrected chi connectivity index (χ0v) is 17.9. The number of halogens is 4. The maximum absolute atomic E-state index is 13.9. The number of nitrogens with one attached hydrogen (secondary N) is 4. The molecule has 1 saturated carbocycles. The number of amides is 4. The number of hydrogen-bond acceptors (Lipinski definition) is 3. The van der Waals surface area contributed by atoms with Crippen molar-refractivity contribution in [2.24, 2.45) is 11.7 Å². The molecule has 8 nitrogen and oxygen atoms in total. The predicted octanol–water partition coefficient (Wildman–Crippen LogP) is 4.93. The van der Waals surface area contributed by atoms with Gasteiger partial charge in [-0.25, -0.2) is 9.18 Å². The van der Waals surface area contributed by atoms with E-state index in [0.29, 0.717) is 29.3 Å². The van der Waals surface area contributed by atoms with Crippen molar-refractivity contribution in [2.75, 3.05) is 16.0 Å². The predicted molar refractivity (Wildman–Crippen MR) is 120 cm³/mol. The molecule has 182 valence electrons. The maximum Gasteiger partial charge on any atom is 0.416 e. The number of primary amides is 1. The molecule has 1 heterocycles. The number of anilines is 3. The molecular weight excluding hydrogens is 470 g/mol. The number of carbonyl (C=O) groups is 3. The van der Waals surface area contributed by atoms with Gasteiger partial charge in [-0.1, -0.05) is 12.1 Å². The van der Waals surface area contributed by atoms with Gasteiger partial charge in [0.15, 0.2) is 0 Å². The van der Waals surface area contributed by atoms with E-state index < -0.39 is 35.2 Å². The monoisotopic (exact) mass is 489 g/mol. The highest BCUT2D eigenvalue weighted by Crippen LogP contribution is 2.34. The Balaban J connectivity index is 1.47. The first-order valence-corrected chi connectivity index (χ1v) is 10.4. The number of hydrogen-bond donors (Lipinski definition) is 5. The molecule has 12 heteroatoms. The Morgan fingerprint density at radius 3 is 2.26 bits per heavy atom. The van der Waals surface area contributed by atoms with Crippen LogP contribution < -0.4 is 21.7 Å². The zero-order chi connectivity index (χ0) is 25.3. The summed E-state index contributed by atoms with van der Waals surface area (Å²) in [5.74, 6) is -1.88. The summed E-state index contributed by atoms with van der Waals surface area (Å²) in [5.41, 5.74) is 5.07. The Morgan fingerprint density at radius 2 is 1.66 bits per heavy atom. The molecule has 0 saturated heterocycles. The van der Waals surface area contributed by atoms with Gasteiger partial charge in [-0.15, -0.1) is 0 Å². The molecule has 1 aromatic heterocycles. The molecule has 0 atom stereocenters. The van der Waals surface area contributed by atoms with Crippen LogP contribution in [0.15, 0.2) is 48.7 Å². The van der Waals surface area contributed by atoms with Gasteiger partial charge >= 0.3 is 12.2 Å². The third-order valence-electron chi connectivity index (χ3n) is 5.32. The average molecular weight is 489 g/mol. The number of nitrogens with two attached hydrogens (primary N) is 1. The van der Waals surface area contributed by atoms with Crippen molar-refractivity contribution in [3.63, 3.8) is 0 Å². The largest absolute Gasteiger partial charge is 0.416 e. The molecule has 0 unspecified atom stereocenters. The maximum atomic E-state index is 13.9. The fourth-order valence-electron chi connectivity index (χ4n) is 3.39. The normalized spacial score (nSPS) is 13.3. The quantitative estimate of drug-likeness (QED) is 0.315. The Hall–Kier alpha value is -4.35. The second-order valence-electron chi connectivity index (χ2n) is 7.93. The summed E-state index contributed by atoms with van der Waals surface area (Å²) in [6.45, 7) is 0. The van der Waals surface area contributed by atoms with Crippen molar-refractivity contribution in [1.29, 1.82) is 0 Å². The van der Waals surface area contributed by atoms with Crippen LogP contribution in [0.25, 0.3) is 11.1 Å². The van der Waals surface area contributed by atoms with Gasteiger partial charge in [-0.3, -0.25) is 9.59 Å². The lowest BCUT2D eigenvalue weighted by Crippen LogP contribution is -2.20. The Labute approximate surface area is 195 Å². The summed E-state index contributed by atoms with van der Waals surface area (Å²) < 4.78 is 52.4. The van der Waals surface area contributed by atoms with Crippen molar-refractivity contribution in [2.45, 2.75) is 19.0 Å². The number of aromatic amines is 1. The standard InChI is InChI=1S/C23H19F4N5O3/c24-16-8-5-13(23(25,26)27)9-17(16)31-22(35)30-14-6-3-11(4-7-14)15-10-29-20(18(15)19(28)33)32-21(34)12-1-2-12/h3-10,12,29H,1-2H2,(H2,28,33)(H,32,34)(H2,30,31,35). The molecule has 2 aromatic carbocycles. The van der Waals surface area contributed by atoms with Crippen LogP contribution in [0.3, 0.4) is 0 Å². The highest BCUT2D eigenvalue weighted by Gasteiger charge is 2.32. The first-order chi connectivity index (χ1) is 16.5. The molecule has 0 radical (unpaired) electrons. The van der Waals surface area contributed by atoms with Gasteiger partial charge < -0.3 is 26.7 Å². The molecule has 35 heavy (non-hydrogen) atoms. The smallest absolute Gasteiger partial charge is 0.365 e. The van der Waals surface area contributed by atoms with Crippen molar-refractivity contribution < 1.29 is 31.9 Å². The van der Waals surface area contributed by atoms with Gasteiger partial charge in [0.2, 0.25) is 5.91 Å². The highest BCUT2D eigenvalue weighted by atomic mass is 19.4. The van der Waals surface area contributed by atoms with E-state index in [9.17, 15) is 31.9 Å². The van der Waals surface area contributed by atoms with E-state index in [-0.39, 0.29) is 28.9 Å². The van der Waals surface area contributed by atoms with Crippen LogP contribution in [0.5, 0.6) is 0 Å². The number of carbonyl (C=O) groups excluding carboxylic acids is 3. The lowest BCUT2D eigenvalue weighted by Gasteiger charge is -2.12. The zero-order valence-electron chi connectivity index (χ0n) is 17.9. The summed E-state index contributed by atoms with van der Waals surface area (Å²) in [6, 6.07) is 6.78. The fraction of sp³-hybridized carbons (Fsp3) is 0.174. The van der Waals surface area contributed by atoms with E-state index in [4.69, 9.17) is 5.73 Å². The molecule has 3 aromatic rings. The van der Waals surface area contributed by atoms with Gasteiger partial charge in [-0.2, -0.15) is 13.2 Å². The van der Waals surface area contributed by atoms with Crippen LogP contribution in [0.1, 0.15) is 28.8 Å². The SMILES string of the molecule is NC(=O)c1c(-c2ccc(NC(=O)Nc3cc(C(F)(F)F)ccc3F)cc2)c[nH]c1NC(=O)C1CC1. The van der Waals surface area contributed by atoms with Crippen LogP contribution >= 0.6 is 0 Å². The van der Waals surface area contributed by atoms with Crippen molar-refractivity contribution in [3.05, 3.63) is 65.6 Å². The molecule has 6 N–H and O–H groups in total. The van der Waals surface area contributed by atoms with Gasteiger partial charge in [0.05, 0.1) is 16.8 Å². The van der Waals surface area contributed by atoms with E-state index in [1.807, 2.05) is 5.32 Å². The molecule has 0 spiro atoms. The topological polar surface area (TPSA) is 129 Å². The average Bonchev–Trinajstić information content (AvgIpc) is 3.55. The highest BCUT2D eigenvalue weighted by molar-refractivity contribution is 6.08. The van der Waals surface area contributed by atoms with Crippen molar-refractivity contribution in [3.8, 4) is 11.1 Å². The molecule has 4 amide bonds. The van der Waals surface area contributed by atoms with Crippen molar-refractivity contribution >= 4 is 35.0 Å². The van der Waals surface area contributed by atoms with Crippen LogP contribution in [0.4, 0.5) is 39.5 Å². The second kappa shape index (κ2) is 9.12. The minimum atomic E-state index is -4.70. The molecule has 0 aliphatic heterocycles. The molecular formula is C23H19F4N5O3. The fourth-order valence-corrected chi connectivity index (χ4v) is 3.39. The van der Waals surface area contributed by atoms with E-state index in [1.165, 1.54) is 18.3 Å². The van der Waals surface area contributed by atoms with Gasteiger partial charge in [0, 0.05) is 23.4 Å². The van der Waals surface area contributed by atoms with E-state index in [1.54, 1.807) is 12.1 Å². The number of rotatable bonds is 6. The lowest BCUT2D eigenvalue weighted by molar-refractivity contribution is -0.137. The van der Waals surface area contributed by atoms with Gasteiger partial charge in [0.25, 0.3) is 5.91 Å². The summed E-state index contributed by atoms with van der Waals surface area (Å²) in [5, 5.41) is 7.09. The summed E-state index contributed by atoms with van der Waals surface area (Å²) >= 11 is 0. The van der Waals surface area contributed by atoms with E-state index in [0.717, 1.165) is 12.8 Å². The van der Waals surface area contributed by atoms with Crippen LogP contribution in [0, 0.1) is 11.7 Å². The minimum absolute atomic E-state index is 0.0802. The van der Waals surface area contributed by atoms with Gasteiger partial charge in [0.1, 0.15) is 11.6 Å². The Morgan fingerprint density at radius 1 is 0.971 bits per heavy atom. The second-order valence-corrected chi connectivity index (χ2v) is 7.93. The summed E-state index contributed by atoms with van der Waals surface area (Å²) in [7, 11) is 0. The first kappa shape index (κ1) is 23.8. The Bertz CT molecular complexity index is 1300. The van der Waals surface area contributed by atoms with Crippen molar-refractivity contribution in [1.82, 2.24) is 4.98 Å². The lowest BCUT2D eigenvalue weighted by atomic mass is 10.0. The third kappa shape index (κ3) is 5.42. The number of alkyl halides is 3. The number of urea groups is 1. The molecule has 1 fully saturated rings. The van der Waals surface area contributed by atoms with E-state index in [2.05, 4.69) is 15.6 Å². The van der Waals surface area contributed by atoms with Crippen LogP contribution in [-0.2, 0) is 11.0 Å². The molecule has 4 rings (SSSR count). The molecule has 0 bridgehead atoms. The Kier molecular flexibility index (Phi) is 6.20. The molecule has 1 aliphatic carbocycles. The minimum Gasteiger partial charge on any atom is -0.365 e.